The lowest BCUT2D eigenvalue weighted by Gasteiger charge is -2.04. The summed E-state index contributed by atoms with van der Waals surface area (Å²) >= 11 is 6.01. The zero-order valence-electron chi connectivity index (χ0n) is 8.97. The smallest absolute Gasteiger partial charge is 0.258 e. The number of hydrogen-bond acceptors (Lipinski definition) is 2. The van der Waals surface area contributed by atoms with Crippen LogP contribution in [0.1, 0.15) is 11.1 Å². The van der Waals surface area contributed by atoms with Crippen molar-refractivity contribution in [2.75, 3.05) is 0 Å². The normalized spacial score (nSPS) is 10.2. The molecule has 4 heteroatoms. The summed E-state index contributed by atoms with van der Waals surface area (Å²) in [7, 11) is 0. The van der Waals surface area contributed by atoms with Crippen LogP contribution in [0.2, 0.25) is 5.02 Å². The molecule has 0 saturated carbocycles. The first kappa shape index (κ1) is 11.6. The van der Waals surface area contributed by atoms with Crippen molar-refractivity contribution in [2.24, 2.45) is 0 Å². The summed E-state index contributed by atoms with van der Waals surface area (Å²) in [5, 5.41) is 11.0. The van der Waals surface area contributed by atoms with Crippen LogP contribution in [0.5, 0.6) is 0 Å². The minimum atomic E-state index is -0.461. The number of hydrogen-bond donors (Lipinski definition) is 0. The van der Waals surface area contributed by atoms with Crippen LogP contribution in [0.15, 0.2) is 48.5 Å². The topological polar surface area (TPSA) is 43.1 Å². The second-order valence-corrected chi connectivity index (χ2v) is 4.05. The highest BCUT2D eigenvalue weighted by Gasteiger charge is 2.15. The fraction of sp³-hybridized carbons (Fsp3) is 0.0769. The van der Waals surface area contributed by atoms with Crippen LogP contribution in [-0.4, -0.2) is 4.92 Å². The quantitative estimate of drug-likeness (QED) is 0.611. The molecule has 17 heavy (non-hydrogen) atoms. The minimum Gasteiger partial charge on any atom is -0.258 e. The van der Waals surface area contributed by atoms with E-state index in [-0.39, 0.29) is 10.7 Å². The molecule has 0 aliphatic carbocycles. The number of halogens is 1. The fourth-order valence-electron chi connectivity index (χ4n) is 1.66. The van der Waals surface area contributed by atoms with E-state index in [1.54, 1.807) is 6.07 Å². The highest BCUT2D eigenvalue weighted by molar-refractivity contribution is 6.33. The minimum absolute atomic E-state index is 0.0416. The van der Waals surface area contributed by atoms with Gasteiger partial charge in [0.05, 0.1) is 4.92 Å². The zero-order valence-corrected chi connectivity index (χ0v) is 9.72. The zero-order chi connectivity index (χ0) is 12.3. The SMILES string of the molecule is O=[N+]([O-])c1cccc(Cc2ccccc2)c1Cl. The summed E-state index contributed by atoms with van der Waals surface area (Å²) in [6.45, 7) is 0. The Hall–Kier alpha value is -1.87. The fourth-order valence-corrected chi connectivity index (χ4v) is 1.92. The third kappa shape index (κ3) is 2.63. The third-order valence-electron chi connectivity index (χ3n) is 2.49. The Balaban J connectivity index is 2.34. The predicted molar refractivity (Wildman–Crippen MR) is 67.4 cm³/mol. The van der Waals surface area contributed by atoms with Crippen molar-refractivity contribution in [1.29, 1.82) is 0 Å². The van der Waals surface area contributed by atoms with Gasteiger partial charge in [0.2, 0.25) is 0 Å². The van der Waals surface area contributed by atoms with E-state index in [0.29, 0.717) is 6.42 Å². The Morgan fingerprint density at radius 1 is 1.06 bits per heavy atom. The van der Waals surface area contributed by atoms with Crippen LogP contribution < -0.4 is 0 Å². The molecule has 3 nitrogen and oxygen atoms in total. The maximum atomic E-state index is 10.7. The van der Waals surface area contributed by atoms with Gasteiger partial charge in [0.1, 0.15) is 5.02 Å². The van der Waals surface area contributed by atoms with Gasteiger partial charge in [-0.3, -0.25) is 10.1 Å². The molecular weight excluding hydrogens is 238 g/mol. The molecule has 0 spiro atoms. The Labute approximate surface area is 104 Å². The van der Waals surface area contributed by atoms with E-state index in [4.69, 9.17) is 11.6 Å². The predicted octanol–water partition coefficient (Wildman–Crippen LogP) is 3.84. The standard InChI is InChI=1S/C13H10ClNO2/c14-13-11(7-4-8-12(13)15(16)17)9-10-5-2-1-3-6-10/h1-8H,9H2. The molecule has 0 aliphatic rings. The highest BCUT2D eigenvalue weighted by atomic mass is 35.5. The molecule has 2 rings (SSSR count). The maximum Gasteiger partial charge on any atom is 0.288 e. The molecule has 0 radical (unpaired) electrons. The Morgan fingerprint density at radius 3 is 2.41 bits per heavy atom. The number of rotatable bonds is 3. The summed E-state index contributed by atoms with van der Waals surface area (Å²) in [6, 6.07) is 14.6. The molecule has 0 bridgehead atoms. The van der Waals surface area contributed by atoms with Gasteiger partial charge < -0.3 is 0 Å². The Morgan fingerprint density at radius 2 is 1.76 bits per heavy atom. The molecule has 2 aromatic carbocycles. The first-order chi connectivity index (χ1) is 8.18. The van der Waals surface area contributed by atoms with Crippen LogP contribution in [0, 0.1) is 10.1 Å². The van der Waals surface area contributed by atoms with Gasteiger partial charge in [-0.25, -0.2) is 0 Å². The summed E-state index contributed by atoms with van der Waals surface area (Å²) in [6.07, 6.45) is 0.599. The molecule has 0 amide bonds. The lowest BCUT2D eigenvalue weighted by Crippen LogP contribution is -1.94. The average Bonchev–Trinajstić information content (AvgIpc) is 2.33. The first-order valence-corrected chi connectivity index (χ1v) is 5.52. The molecule has 0 fully saturated rings. The van der Waals surface area contributed by atoms with Crippen molar-refractivity contribution >= 4 is 17.3 Å². The van der Waals surface area contributed by atoms with Gasteiger partial charge in [-0.2, -0.15) is 0 Å². The van der Waals surface area contributed by atoms with Crippen LogP contribution >= 0.6 is 11.6 Å². The van der Waals surface area contributed by atoms with Gasteiger partial charge >= 0.3 is 0 Å². The van der Waals surface area contributed by atoms with Gasteiger partial charge in [0.15, 0.2) is 0 Å². The number of nitrogens with zero attached hydrogens (tertiary/aromatic N) is 1. The monoisotopic (exact) mass is 247 g/mol. The number of nitro groups is 1. The van der Waals surface area contributed by atoms with Crippen molar-refractivity contribution < 1.29 is 4.92 Å². The van der Waals surface area contributed by atoms with Crippen LogP contribution in [0.4, 0.5) is 5.69 Å². The molecule has 0 aromatic heterocycles. The van der Waals surface area contributed by atoms with Crippen LogP contribution in [0.3, 0.4) is 0 Å². The lowest BCUT2D eigenvalue weighted by atomic mass is 10.0. The van der Waals surface area contributed by atoms with E-state index in [9.17, 15) is 10.1 Å². The molecule has 0 atom stereocenters. The molecule has 0 N–H and O–H groups in total. The van der Waals surface area contributed by atoms with Gasteiger partial charge in [0.25, 0.3) is 5.69 Å². The first-order valence-electron chi connectivity index (χ1n) is 5.14. The molecule has 0 aliphatic heterocycles. The van der Waals surface area contributed by atoms with Crippen molar-refractivity contribution in [3.05, 3.63) is 74.8 Å². The van der Waals surface area contributed by atoms with Crippen LogP contribution in [0.25, 0.3) is 0 Å². The third-order valence-corrected chi connectivity index (χ3v) is 2.93. The molecular formula is C13H10ClNO2. The number of benzene rings is 2. The van der Waals surface area contributed by atoms with Crippen molar-refractivity contribution in [1.82, 2.24) is 0 Å². The second kappa shape index (κ2) is 4.97. The van der Waals surface area contributed by atoms with Gasteiger partial charge in [-0.1, -0.05) is 54.1 Å². The summed E-state index contributed by atoms with van der Waals surface area (Å²) in [5.41, 5.74) is 1.81. The number of nitro benzene ring substituents is 1. The molecule has 0 unspecified atom stereocenters. The van der Waals surface area contributed by atoms with E-state index >= 15 is 0 Å². The molecule has 86 valence electrons. The van der Waals surface area contributed by atoms with E-state index < -0.39 is 4.92 Å². The Bertz CT molecular complexity index is 540. The summed E-state index contributed by atoms with van der Waals surface area (Å²) in [4.78, 5) is 10.3. The molecule has 0 saturated heterocycles. The van der Waals surface area contributed by atoms with Gasteiger partial charge in [0, 0.05) is 6.07 Å². The summed E-state index contributed by atoms with van der Waals surface area (Å²) in [5.74, 6) is 0. The maximum absolute atomic E-state index is 10.7. The van der Waals surface area contributed by atoms with Gasteiger partial charge in [-0.15, -0.1) is 0 Å². The summed E-state index contributed by atoms with van der Waals surface area (Å²) < 4.78 is 0. The van der Waals surface area contributed by atoms with E-state index in [1.807, 2.05) is 36.4 Å². The van der Waals surface area contributed by atoms with Gasteiger partial charge in [-0.05, 0) is 17.5 Å². The highest BCUT2D eigenvalue weighted by Crippen LogP contribution is 2.29. The van der Waals surface area contributed by atoms with Crippen molar-refractivity contribution in [3.63, 3.8) is 0 Å². The van der Waals surface area contributed by atoms with E-state index in [2.05, 4.69) is 0 Å². The Kier molecular flexibility index (Phi) is 3.40. The van der Waals surface area contributed by atoms with Crippen LogP contribution in [-0.2, 0) is 6.42 Å². The second-order valence-electron chi connectivity index (χ2n) is 3.67. The lowest BCUT2D eigenvalue weighted by molar-refractivity contribution is -0.384. The average molecular weight is 248 g/mol. The van der Waals surface area contributed by atoms with E-state index in [0.717, 1.165) is 11.1 Å². The molecule has 2 aromatic rings. The van der Waals surface area contributed by atoms with Crippen molar-refractivity contribution in [2.45, 2.75) is 6.42 Å². The largest absolute Gasteiger partial charge is 0.288 e. The van der Waals surface area contributed by atoms with E-state index in [1.165, 1.54) is 6.07 Å². The molecule has 0 heterocycles. The van der Waals surface area contributed by atoms with Crippen molar-refractivity contribution in [3.8, 4) is 0 Å².